The van der Waals surface area contributed by atoms with Crippen LogP contribution in [0.25, 0.3) is 0 Å². The summed E-state index contributed by atoms with van der Waals surface area (Å²) in [6.07, 6.45) is 5.38. The molecular weight excluding hydrogens is 168 g/mol. The van der Waals surface area contributed by atoms with Crippen molar-refractivity contribution in [2.24, 2.45) is 0 Å². The van der Waals surface area contributed by atoms with Gasteiger partial charge in [0, 0.05) is 23.4 Å². The van der Waals surface area contributed by atoms with Crippen molar-refractivity contribution in [1.82, 2.24) is 4.68 Å². The number of hydrogen-bond donors (Lipinski definition) is 1. The second-order valence-electron chi connectivity index (χ2n) is 3.30. The van der Waals surface area contributed by atoms with E-state index in [9.17, 15) is 0 Å². The molecule has 0 aromatic carbocycles. The first kappa shape index (κ1) is 8.05. The molecule has 0 amide bonds. The zero-order valence-corrected chi connectivity index (χ0v) is 8.05. The predicted octanol–water partition coefficient (Wildman–Crippen LogP) is 1.93. The van der Waals surface area contributed by atoms with Crippen molar-refractivity contribution in [3.05, 3.63) is 24.5 Å². The Morgan fingerprint density at radius 1 is 1.42 bits per heavy atom. The van der Waals surface area contributed by atoms with E-state index in [4.69, 9.17) is 0 Å². The first-order chi connectivity index (χ1) is 5.84. The van der Waals surface area contributed by atoms with E-state index >= 15 is 0 Å². The lowest BCUT2D eigenvalue weighted by Gasteiger charge is -2.13. The van der Waals surface area contributed by atoms with Gasteiger partial charge in [-0.3, -0.25) is 4.68 Å². The van der Waals surface area contributed by atoms with Crippen molar-refractivity contribution in [2.75, 3.05) is 11.2 Å². The summed E-state index contributed by atoms with van der Waals surface area (Å²) in [5, 5.41) is 0.818. The molecule has 2 atom stereocenters. The average Bonchev–Trinajstić information content (AvgIpc) is 2.63. The minimum absolute atomic E-state index is 0.650. The Morgan fingerprint density at radius 2 is 2.17 bits per heavy atom. The third-order valence-electron chi connectivity index (χ3n) is 2.13. The number of rotatable bonds is 2. The van der Waals surface area contributed by atoms with E-state index in [0.29, 0.717) is 6.04 Å². The van der Waals surface area contributed by atoms with Crippen molar-refractivity contribution < 1.29 is 0 Å². The summed E-state index contributed by atoms with van der Waals surface area (Å²) in [6.45, 7) is 2.29. The van der Waals surface area contributed by atoms with Crippen LogP contribution in [0.1, 0.15) is 13.3 Å². The van der Waals surface area contributed by atoms with Crippen molar-refractivity contribution in [3.63, 3.8) is 0 Å². The highest BCUT2D eigenvalue weighted by Gasteiger charge is 2.21. The molecule has 0 aliphatic carbocycles. The van der Waals surface area contributed by atoms with E-state index in [1.807, 2.05) is 29.2 Å². The summed E-state index contributed by atoms with van der Waals surface area (Å²) in [5.41, 5.74) is 3.45. The Kier molecular flexibility index (Phi) is 2.30. The molecule has 3 heteroatoms. The fraction of sp³-hybridized carbons (Fsp3) is 0.556. The number of nitrogens with one attached hydrogen (secondary N) is 1. The SMILES string of the molecule is CC1CC(Nn2cccc2)CS1. The Hall–Kier alpha value is -0.570. The van der Waals surface area contributed by atoms with Crippen LogP contribution in [0.3, 0.4) is 0 Å². The fourth-order valence-corrected chi connectivity index (χ4v) is 2.68. The molecule has 12 heavy (non-hydrogen) atoms. The molecule has 0 bridgehead atoms. The van der Waals surface area contributed by atoms with Gasteiger partial charge in [0.25, 0.3) is 0 Å². The van der Waals surface area contributed by atoms with E-state index < -0.39 is 0 Å². The molecule has 1 aliphatic rings. The first-order valence-electron chi connectivity index (χ1n) is 4.36. The maximum atomic E-state index is 3.45. The maximum Gasteiger partial charge on any atom is 0.0525 e. The maximum absolute atomic E-state index is 3.45. The monoisotopic (exact) mass is 182 g/mol. The smallest absolute Gasteiger partial charge is 0.0525 e. The number of thioether (sulfide) groups is 1. The minimum Gasteiger partial charge on any atom is -0.323 e. The normalized spacial score (nSPS) is 29.1. The summed E-state index contributed by atoms with van der Waals surface area (Å²) in [7, 11) is 0. The molecule has 0 spiro atoms. The Bertz CT molecular complexity index is 233. The molecule has 0 saturated carbocycles. The van der Waals surface area contributed by atoms with Crippen LogP contribution in [-0.4, -0.2) is 21.7 Å². The molecule has 2 nitrogen and oxygen atoms in total. The van der Waals surface area contributed by atoms with Crippen LogP contribution in [-0.2, 0) is 0 Å². The third-order valence-corrected chi connectivity index (χ3v) is 3.49. The van der Waals surface area contributed by atoms with Crippen LogP contribution >= 0.6 is 11.8 Å². The highest BCUT2D eigenvalue weighted by Crippen LogP contribution is 2.26. The lowest BCUT2D eigenvalue weighted by molar-refractivity contribution is 0.664. The van der Waals surface area contributed by atoms with Gasteiger partial charge < -0.3 is 5.43 Å². The van der Waals surface area contributed by atoms with Gasteiger partial charge in [0.1, 0.15) is 0 Å². The molecule has 1 fully saturated rings. The highest BCUT2D eigenvalue weighted by atomic mass is 32.2. The second-order valence-corrected chi connectivity index (χ2v) is 4.77. The van der Waals surface area contributed by atoms with Gasteiger partial charge in [-0.2, -0.15) is 11.8 Å². The Morgan fingerprint density at radius 3 is 2.75 bits per heavy atom. The lowest BCUT2D eigenvalue weighted by Crippen LogP contribution is -2.26. The van der Waals surface area contributed by atoms with E-state index in [1.165, 1.54) is 12.2 Å². The van der Waals surface area contributed by atoms with Crippen molar-refractivity contribution in [1.29, 1.82) is 0 Å². The van der Waals surface area contributed by atoms with Gasteiger partial charge in [0.15, 0.2) is 0 Å². The summed E-state index contributed by atoms with van der Waals surface area (Å²) < 4.78 is 2.04. The molecule has 1 aliphatic heterocycles. The summed E-state index contributed by atoms with van der Waals surface area (Å²) in [6, 6.07) is 4.73. The van der Waals surface area contributed by atoms with Gasteiger partial charge in [0.05, 0.1) is 6.04 Å². The van der Waals surface area contributed by atoms with Crippen molar-refractivity contribution in [2.45, 2.75) is 24.6 Å². The zero-order chi connectivity index (χ0) is 8.39. The summed E-state index contributed by atoms with van der Waals surface area (Å²) >= 11 is 2.05. The molecule has 1 saturated heterocycles. The predicted molar refractivity (Wildman–Crippen MR) is 54.1 cm³/mol. The third kappa shape index (κ3) is 1.78. The van der Waals surface area contributed by atoms with Crippen LogP contribution < -0.4 is 5.43 Å². The van der Waals surface area contributed by atoms with Crippen molar-refractivity contribution in [3.8, 4) is 0 Å². The number of aromatic nitrogens is 1. The number of nitrogens with zero attached hydrogens (tertiary/aromatic N) is 1. The van der Waals surface area contributed by atoms with Gasteiger partial charge in [-0.1, -0.05) is 6.92 Å². The van der Waals surface area contributed by atoms with E-state index in [2.05, 4.69) is 24.1 Å². The van der Waals surface area contributed by atoms with Crippen LogP contribution in [0, 0.1) is 0 Å². The molecule has 66 valence electrons. The van der Waals surface area contributed by atoms with Crippen molar-refractivity contribution >= 4 is 11.8 Å². The highest BCUT2D eigenvalue weighted by molar-refractivity contribution is 8.00. The van der Waals surface area contributed by atoms with Crippen LogP contribution in [0.2, 0.25) is 0 Å². The molecule has 1 N–H and O–H groups in total. The molecule has 0 radical (unpaired) electrons. The van der Waals surface area contributed by atoms with Crippen LogP contribution in [0.15, 0.2) is 24.5 Å². The molecule has 2 heterocycles. The molecule has 1 aromatic rings. The Balaban J connectivity index is 1.88. The zero-order valence-electron chi connectivity index (χ0n) is 7.23. The quantitative estimate of drug-likeness (QED) is 0.752. The topological polar surface area (TPSA) is 17.0 Å². The van der Waals surface area contributed by atoms with E-state index in [1.54, 1.807) is 0 Å². The van der Waals surface area contributed by atoms with E-state index in [0.717, 1.165) is 5.25 Å². The first-order valence-corrected chi connectivity index (χ1v) is 5.40. The lowest BCUT2D eigenvalue weighted by atomic mass is 10.2. The average molecular weight is 182 g/mol. The molecule has 2 rings (SSSR count). The van der Waals surface area contributed by atoms with Gasteiger partial charge >= 0.3 is 0 Å². The van der Waals surface area contributed by atoms with E-state index in [-0.39, 0.29) is 0 Å². The number of hydrogen-bond acceptors (Lipinski definition) is 2. The van der Waals surface area contributed by atoms with Gasteiger partial charge in [-0.15, -0.1) is 0 Å². The summed E-state index contributed by atoms with van der Waals surface area (Å²) in [5.74, 6) is 1.24. The van der Waals surface area contributed by atoms with Gasteiger partial charge in [0.2, 0.25) is 0 Å². The van der Waals surface area contributed by atoms with Crippen LogP contribution in [0.4, 0.5) is 0 Å². The minimum atomic E-state index is 0.650. The van der Waals surface area contributed by atoms with Gasteiger partial charge in [-0.25, -0.2) is 0 Å². The van der Waals surface area contributed by atoms with Crippen LogP contribution in [0.5, 0.6) is 0 Å². The molecule has 1 aromatic heterocycles. The Labute approximate surface area is 77.3 Å². The summed E-state index contributed by atoms with van der Waals surface area (Å²) in [4.78, 5) is 0. The molecule has 2 unspecified atom stereocenters. The largest absolute Gasteiger partial charge is 0.323 e. The second kappa shape index (κ2) is 3.44. The standard InChI is InChI=1S/C9H14N2S/c1-8-6-9(7-12-8)10-11-4-2-3-5-11/h2-5,8-10H,6-7H2,1H3. The fourth-order valence-electron chi connectivity index (χ4n) is 1.54. The van der Waals surface area contributed by atoms with Gasteiger partial charge in [-0.05, 0) is 18.6 Å². The molecular formula is C9H14N2S.